The molecule has 0 aliphatic heterocycles. The Hall–Kier alpha value is -2.35. The predicted octanol–water partition coefficient (Wildman–Crippen LogP) is 0.904. The van der Waals surface area contributed by atoms with Crippen molar-refractivity contribution in [3.8, 4) is 6.07 Å². The Balaban J connectivity index is 2.89. The highest BCUT2D eigenvalue weighted by Gasteiger charge is 2.12. The van der Waals surface area contributed by atoms with E-state index in [4.69, 9.17) is 10.4 Å². The predicted molar refractivity (Wildman–Crippen MR) is 46.9 cm³/mol. The molecule has 0 saturated heterocycles. The SMILES string of the molecule is N#Cc1cccc2ncc(C(=O)O)n12. The fourth-order valence-electron chi connectivity index (χ4n) is 1.27. The molecule has 2 rings (SSSR count). The van der Waals surface area contributed by atoms with Gasteiger partial charge >= 0.3 is 5.97 Å². The Bertz CT molecular complexity index is 551. The minimum Gasteiger partial charge on any atom is -0.477 e. The summed E-state index contributed by atoms with van der Waals surface area (Å²) in [5, 5.41) is 17.6. The summed E-state index contributed by atoms with van der Waals surface area (Å²) >= 11 is 0. The molecule has 2 aromatic heterocycles. The summed E-state index contributed by atoms with van der Waals surface area (Å²) in [6, 6.07) is 6.76. The van der Waals surface area contributed by atoms with Gasteiger partial charge in [-0.15, -0.1) is 0 Å². The third-order valence-electron chi connectivity index (χ3n) is 1.86. The molecule has 0 aliphatic rings. The first-order valence-electron chi connectivity index (χ1n) is 3.84. The van der Waals surface area contributed by atoms with Crippen LogP contribution in [0, 0.1) is 11.3 Å². The number of carboxylic acid groups (broad SMARTS) is 1. The molecule has 0 atom stereocenters. The van der Waals surface area contributed by atoms with Crippen molar-refractivity contribution in [2.75, 3.05) is 0 Å². The minimum absolute atomic E-state index is 0.00264. The Morgan fingerprint density at radius 1 is 1.57 bits per heavy atom. The lowest BCUT2D eigenvalue weighted by Gasteiger charge is -1.98. The molecule has 0 fully saturated rings. The van der Waals surface area contributed by atoms with Gasteiger partial charge in [0.2, 0.25) is 0 Å². The maximum atomic E-state index is 10.8. The molecule has 0 amide bonds. The third kappa shape index (κ3) is 1.02. The van der Waals surface area contributed by atoms with Crippen LogP contribution in [0.5, 0.6) is 0 Å². The molecule has 0 aromatic carbocycles. The third-order valence-corrected chi connectivity index (χ3v) is 1.86. The molecule has 0 bridgehead atoms. The van der Waals surface area contributed by atoms with Crippen LogP contribution in [0.3, 0.4) is 0 Å². The summed E-state index contributed by atoms with van der Waals surface area (Å²) in [7, 11) is 0. The van der Waals surface area contributed by atoms with E-state index in [0.717, 1.165) is 0 Å². The number of rotatable bonds is 1. The van der Waals surface area contributed by atoms with Crippen molar-refractivity contribution in [1.82, 2.24) is 9.38 Å². The lowest BCUT2D eigenvalue weighted by Crippen LogP contribution is -2.03. The molecular formula is C9H5N3O2. The first-order chi connectivity index (χ1) is 6.74. The topological polar surface area (TPSA) is 78.4 Å². The van der Waals surface area contributed by atoms with E-state index in [9.17, 15) is 4.79 Å². The average molecular weight is 187 g/mol. The van der Waals surface area contributed by atoms with Crippen LogP contribution in [0.15, 0.2) is 24.4 Å². The number of nitriles is 1. The molecule has 2 aromatic rings. The van der Waals surface area contributed by atoms with E-state index < -0.39 is 5.97 Å². The van der Waals surface area contributed by atoms with Crippen molar-refractivity contribution < 1.29 is 9.90 Å². The summed E-state index contributed by atoms with van der Waals surface area (Å²) in [5.74, 6) is -1.10. The van der Waals surface area contributed by atoms with Crippen LogP contribution in [0.25, 0.3) is 5.65 Å². The summed E-state index contributed by atoms with van der Waals surface area (Å²) in [4.78, 5) is 14.7. The molecule has 0 saturated carbocycles. The van der Waals surface area contributed by atoms with Gasteiger partial charge in [0.1, 0.15) is 17.4 Å². The largest absolute Gasteiger partial charge is 0.477 e. The van der Waals surface area contributed by atoms with Crippen molar-refractivity contribution in [3.63, 3.8) is 0 Å². The highest BCUT2D eigenvalue weighted by Crippen LogP contribution is 2.09. The van der Waals surface area contributed by atoms with Crippen LogP contribution < -0.4 is 0 Å². The molecule has 0 aliphatic carbocycles. The van der Waals surface area contributed by atoms with Gasteiger partial charge in [-0.05, 0) is 12.1 Å². The molecule has 5 nitrogen and oxygen atoms in total. The summed E-state index contributed by atoms with van der Waals surface area (Å²) in [5.41, 5.74) is 0.719. The first-order valence-corrected chi connectivity index (χ1v) is 3.84. The van der Waals surface area contributed by atoms with E-state index in [1.807, 2.05) is 6.07 Å². The van der Waals surface area contributed by atoms with Gasteiger partial charge in [0.05, 0.1) is 6.20 Å². The Labute approximate surface area is 78.8 Å². The van der Waals surface area contributed by atoms with Crippen LogP contribution >= 0.6 is 0 Å². The molecular weight excluding hydrogens is 182 g/mol. The zero-order chi connectivity index (χ0) is 10.1. The zero-order valence-corrected chi connectivity index (χ0v) is 7.01. The fourth-order valence-corrected chi connectivity index (χ4v) is 1.27. The number of hydrogen-bond donors (Lipinski definition) is 1. The Kier molecular flexibility index (Phi) is 1.68. The van der Waals surface area contributed by atoms with E-state index in [0.29, 0.717) is 5.65 Å². The molecule has 2 heterocycles. The molecule has 14 heavy (non-hydrogen) atoms. The standard InChI is InChI=1S/C9H5N3O2/c10-4-6-2-1-3-8-11-5-7(9(13)14)12(6)8/h1-3,5H,(H,13,14). The molecule has 0 radical (unpaired) electrons. The number of pyridine rings is 1. The van der Waals surface area contributed by atoms with Crippen molar-refractivity contribution in [2.24, 2.45) is 0 Å². The molecule has 0 unspecified atom stereocenters. The van der Waals surface area contributed by atoms with Crippen molar-refractivity contribution in [2.45, 2.75) is 0 Å². The quantitative estimate of drug-likeness (QED) is 0.719. The van der Waals surface area contributed by atoms with Crippen LogP contribution in [0.1, 0.15) is 16.2 Å². The summed E-state index contributed by atoms with van der Waals surface area (Å²) in [6.45, 7) is 0. The van der Waals surface area contributed by atoms with Gasteiger partial charge in [0, 0.05) is 0 Å². The lowest BCUT2D eigenvalue weighted by atomic mass is 10.3. The van der Waals surface area contributed by atoms with E-state index in [1.165, 1.54) is 10.6 Å². The second-order valence-electron chi connectivity index (χ2n) is 2.67. The van der Waals surface area contributed by atoms with Crippen LogP contribution in [-0.2, 0) is 0 Å². The second-order valence-corrected chi connectivity index (χ2v) is 2.67. The van der Waals surface area contributed by atoms with E-state index in [-0.39, 0.29) is 11.4 Å². The monoisotopic (exact) mass is 187 g/mol. The highest BCUT2D eigenvalue weighted by molar-refractivity contribution is 5.86. The average Bonchev–Trinajstić information content (AvgIpc) is 2.60. The molecule has 0 spiro atoms. The Morgan fingerprint density at radius 2 is 2.36 bits per heavy atom. The summed E-state index contributed by atoms with van der Waals surface area (Å²) in [6.07, 6.45) is 1.23. The van der Waals surface area contributed by atoms with E-state index in [2.05, 4.69) is 4.98 Å². The highest BCUT2D eigenvalue weighted by atomic mass is 16.4. The number of nitrogens with zero attached hydrogens (tertiary/aromatic N) is 3. The van der Waals surface area contributed by atoms with Gasteiger partial charge in [-0.1, -0.05) is 6.07 Å². The maximum Gasteiger partial charge on any atom is 0.354 e. The number of hydrogen-bond acceptors (Lipinski definition) is 3. The van der Waals surface area contributed by atoms with E-state index >= 15 is 0 Å². The van der Waals surface area contributed by atoms with Gasteiger partial charge in [-0.25, -0.2) is 9.78 Å². The van der Waals surface area contributed by atoms with E-state index in [1.54, 1.807) is 18.2 Å². The van der Waals surface area contributed by atoms with Crippen molar-refractivity contribution in [3.05, 3.63) is 35.8 Å². The second kappa shape index (κ2) is 2.85. The Morgan fingerprint density at radius 3 is 3.00 bits per heavy atom. The molecule has 1 N–H and O–H groups in total. The van der Waals surface area contributed by atoms with Crippen LogP contribution in [0.4, 0.5) is 0 Å². The zero-order valence-electron chi connectivity index (χ0n) is 7.01. The van der Waals surface area contributed by atoms with Crippen molar-refractivity contribution in [1.29, 1.82) is 5.26 Å². The minimum atomic E-state index is -1.10. The maximum absolute atomic E-state index is 10.8. The van der Waals surface area contributed by atoms with Crippen LogP contribution in [-0.4, -0.2) is 20.5 Å². The number of carbonyl (C=O) groups is 1. The lowest BCUT2D eigenvalue weighted by molar-refractivity contribution is 0.0689. The van der Waals surface area contributed by atoms with Gasteiger partial charge in [-0.2, -0.15) is 5.26 Å². The van der Waals surface area contributed by atoms with Crippen LogP contribution in [0.2, 0.25) is 0 Å². The summed E-state index contributed by atoms with van der Waals surface area (Å²) < 4.78 is 1.31. The van der Waals surface area contributed by atoms with Gasteiger partial charge < -0.3 is 5.11 Å². The van der Waals surface area contributed by atoms with Crippen molar-refractivity contribution >= 4 is 11.6 Å². The number of carboxylic acids is 1. The normalized spacial score (nSPS) is 9.93. The number of aromatic nitrogens is 2. The molecule has 68 valence electrons. The van der Waals surface area contributed by atoms with Gasteiger partial charge in [-0.3, -0.25) is 4.40 Å². The fraction of sp³-hybridized carbons (Fsp3) is 0. The number of imidazole rings is 1. The number of aromatic carboxylic acids is 1. The van der Waals surface area contributed by atoms with Gasteiger partial charge in [0.25, 0.3) is 0 Å². The first kappa shape index (κ1) is 8.26. The smallest absolute Gasteiger partial charge is 0.354 e. The number of fused-ring (bicyclic) bond motifs is 1. The molecule has 5 heteroatoms. The van der Waals surface area contributed by atoms with Gasteiger partial charge in [0.15, 0.2) is 5.69 Å².